The van der Waals surface area contributed by atoms with Crippen molar-refractivity contribution in [1.29, 1.82) is 0 Å². The second-order valence-corrected chi connectivity index (χ2v) is 8.64. The van der Waals surface area contributed by atoms with E-state index in [4.69, 9.17) is 14.2 Å². The number of morpholine rings is 1. The molecule has 3 aromatic rings. The number of benzene rings is 2. The lowest BCUT2D eigenvalue weighted by atomic mass is 10.1. The number of carbonyl (C=O) groups is 1. The number of hydrogen-bond acceptors (Lipinski definition) is 7. The summed E-state index contributed by atoms with van der Waals surface area (Å²) in [6.45, 7) is 5.35. The summed E-state index contributed by atoms with van der Waals surface area (Å²) in [6.07, 6.45) is 0.258. The van der Waals surface area contributed by atoms with Gasteiger partial charge in [-0.25, -0.2) is 4.98 Å². The Hall–Kier alpha value is -2.94. The zero-order chi connectivity index (χ0) is 22.9. The molecule has 0 saturated carbocycles. The first-order valence-electron chi connectivity index (χ1n) is 11.1. The lowest BCUT2D eigenvalue weighted by Gasteiger charge is -2.26. The Kier molecular flexibility index (Phi) is 8.30. The van der Waals surface area contributed by atoms with Crippen LogP contribution in [0.5, 0.6) is 11.5 Å². The summed E-state index contributed by atoms with van der Waals surface area (Å²) < 4.78 is 16.2. The fraction of sp³-hybridized carbons (Fsp3) is 0.360. The molecular weight excluding hydrogens is 438 g/mol. The van der Waals surface area contributed by atoms with Gasteiger partial charge in [-0.3, -0.25) is 9.69 Å². The summed E-state index contributed by atoms with van der Waals surface area (Å²) >= 11 is 1.56. The van der Waals surface area contributed by atoms with E-state index in [1.165, 1.54) is 5.56 Å². The maximum atomic E-state index is 12.3. The van der Waals surface area contributed by atoms with Crippen LogP contribution in [0.1, 0.15) is 11.3 Å². The minimum absolute atomic E-state index is 0.0639. The van der Waals surface area contributed by atoms with Crippen LogP contribution in [0.15, 0.2) is 53.9 Å². The molecule has 8 heteroatoms. The largest absolute Gasteiger partial charge is 0.497 e. The molecule has 0 aliphatic carbocycles. The summed E-state index contributed by atoms with van der Waals surface area (Å²) in [4.78, 5) is 19.3. The van der Waals surface area contributed by atoms with Gasteiger partial charge in [0.25, 0.3) is 0 Å². The number of nitrogens with zero attached hydrogens (tertiary/aromatic N) is 2. The van der Waals surface area contributed by atoms with Crippen LogP contribution < -0.4 is 14.8 Å². The van der Waals surface area contributed by atoms with Gasteiger partial charge < -0.3 is 19.5 Å². The molecule has 0 unspecified atom stereocenters. The third kappa shape index (κ3) is 7.02. The molecule has 1 aliphatic rings. The van der Waals surface area contributed by atoms with Crippen LogP contribution in [-0.4, -0.2) is 62.4 Å². The summed E-state index contributed by atoms with van der Waals surface area (Å²) in [5, 5.41) is 5.76. The van der Waals surface area contributed by atoms with Gasteiger partial charge in [-0.15, -0.1) is 11.3 Å². The molecule has 1 saturated heterocycles. The van der Waals surface area contributed by atoms with E-state index >= 15 is 0 Å². The molecular formula is C25H29N3O4S. The molecule has 0 bridgehead atoms. The van der Waals surface area contributed by atoms with Gasteiger partial charge in [0.05, 0.1) is 39.0 Å². The Balaban J connectivity index is 1.20. The van der Waals surface area contributed by atoms with Crippen LogP contribution in [0.25, 0.3) is 10.6 Å². The third-order valence-corrected chi connectivity index (χ3v) is 6.30. The maximum absolute atomic E-state index is 12.3. The lowest BCUT2D eigenvalue weighted by molar-refractivity contribution is -0.120. The van der Waals surface area contributed by atoms with E-state index in [0.717, 1.165) is 60.6 Å². The summed E-state index contributed by atoms with van der Waals surface area (Å²) in [7, 11) is 1.63. The Bertz CT molecular complexity index is 1010. The molecule has 0 spiro atoms. The monoisotopic (exact) mass is 467 g/mol. The van der Waals surface area contributed by atoms with Crippen molar-refractivity contribution >= 4 is 17.2 Å². The highest BCUT2D eigenvalue weighted by molar-refractivity contribution is 7.13. The number of amides is 1. The van der Waals surface area contributed by atoms with Crippen molar-refractivity contribution in [3.05, 3.63) is 65.2 Å². The molecule has 2 heterocycles. The molecule has 1 aliphatic heterocycles. The van der Waals surface area contributed by atoms with Crippen LogP contribution in [0.2, 0.25) is 0 Å². The zero-order valence-electron chi connectivity index (χ0n) is 18.8. The topological polar surface area (TPSA) is 72.9 Å². The normalized spacial score (nSPS) is 14.1. The number of thiazole rings is 1. The predicted octanol–water partition coefficient (Wildman–Crippen LogP) is 3.39. The van der Waals surface area contributed by atoms with Gasteiger partial charge in [0.15, 0.2) is 0 Å². The molecule has 2 aromatic carbocycles. The fourth-order valence-corrected chi connectivity index (χ4v) is 4.38. The number of nitrogens with one attached hydrogen (secondary N) is 1. The predicted molar refractivity (Wildman–Crippen MR) is 129 cm³/mol. The quantitative estimate of drug-likeness (QED) is 0.461. The summed E-state index contributed by atoms with van der Waals surface area (Å²) in [5.74, 6) is 1.46. The van der Waals surface area contributed by atoms with E-state index in [0.29, 0.717) is 13.2 Å². The average molecular weight is 468 g/mol. The Morgan fingerprint density at radius 1 is 1.09 bits per heavy atom. The van der Waals surface area contributed by atoms with Crippen LogP contribution in [-0.2, 0) is 22.5 Å². The number of rotatable bonds is 10. The van der Waals surface area contributed by atoms with Crippen LogP contribution in [0.3, 0.4) is 0 Å². The second-order valence-electron chi connectivity index (χ2n) is 7.78. The number of methoxy groups -OCH3 is 1. The summed E-state index contributed by atoms with van der Waals surface area (Å²) in [6, 6.07) is 15.9. The fourth-order valence-electron chi connectivity index (χ4n) is 3.55. The zero-order valence-corrected chi connectivity index (χ0v) is 19.6. The van der Waals surface area contributed by atoms with Crippen molar-refractivity contribution in [2.75, 3.05) is 46.6 Å². The van der Waals surface area contributed by atoms with Gasteiger partial charge in [-0.05, 0) is 29.8 Å². The number of hydrogen-bond donors (Lipinski definition) is 1. The number of aromatic nitrogens is 1. The Morgan fingerprint density at radius 3 is 2.55 bits per heavy atom. The SMILES string of the molecule is COc1ccc(OCCNC(=O)Cc2csc(-c3ccc(CN4CCOCC4)cc3)n2)cc1. The van der Waals surface area contributed by atoms with Crippen molar-refractivity contribution in [3.8, 4) is 22.1 Å². The standard InChI is InChI=1S/C25H29N3O4S/c1-30-22-6-8-23(9-7-22)32-13-10-26-24(29)16-21-18-33-25(27-21)20-4-2-19(3-5-20)17-28-11-14-31-15-12-28/h2-9,18H,10-17H2,1H3,(H,26,29). The van der Waals surface area contributed by atoms with Gasteiger partial charge in [-0.1, -0.05) is 24.3 Å². The van der Waals surface area contributed by atoms with Crippen molar-refractivity contribution in [2.24, 2.45) is 0 Å². The first-order chi connectivity index (χ1) is 16.2. The van der Waals surface area contributed by atoms with Crippen LogP contribution >= 0.6 is 11.3 Å². The van der Waals surface area contributed by atoms with Crippen molar-refractivity contribution in [1.82, 2.24) is 15.2 Å². The van der Waals surface area contributed by atoms with Gasteiger partial charge in [-0.2, -0.15) is 0 Å². The van der Waals surface area contributed by atoms with Crippen molar-refractivity contribution < 1.29 is 19.0 Å². The highest BCUT2D eigenvalue weighted by Gasteiger charge is 2.12. The molecule has 174 valence electrons. The molecule has 1 N–H and O–H groups in total. The van der Waals surface area contributed by atoms with Gasteiger partial charge in [0.2, 0.25) is 5.91 Å². The van der Waals surface area contributed by atoms with Crippen molar-refractivity contribution in [2.45, 2.75) is 13.0 Å². The van der Waals surface area contributed by atoms with E-state index < -0.39 is 0 Å². The average Bonchev–Trinajstić information content (AvgIpc) is 3.32. The highest BCUT2D eigenvalue weighted by atomic mass is 32.1. The van der Waals surface area contributed by atoms with Gasteiger partial charge in [0.1, 0.15) is 23.1 Å². The smallest absolute Gasteiger partial charge is 0.226 e. The van der Waals surface area contributed by atoms with Crippen molar-refractivity contribution in [3.63, 3.8) is 0 Å². The molecule has 1 amide bonds. The molecule has 4 rings (SSSR count). The highest BCUT2D eigenvalue weighted by Crippen LogP contribution is 2.24. The van der Waals surface area contributed by atoms with E-state index in [-0.39, 0.29) is 12.3 Å². The molecule has 0 radical (unpaired) electrons. The molecule has 1 fully saturated rings. The summed E-state index contributed by atoms with van der Waals surface area (Å²) in [5.41, 5.74) is 3.14. The Morgan fingerprint density at radius 2 is 1.82 bits per heavy atom. The van der Waals surface area contributed by atoms with Gasteiger partial charge in [0, 0.05) is 30.6 Å². The lowest BCUT2D eigenvalue weighted by Crippen LogP contribution is -2.35. The van der Waals surface area contributed by atoms with E-state index in [9.17, 15) is 4.79 Å². The number of ether oxygens (including phenoxy) is 3. The van der Waals surface area contributed by atoms with Crippen LogP contribution in [0, 0.1) is 0 Å². The van der Waals surface area contributed by atoms with E-state index in [1.54, 1.807) is 18.4 Å². The molecule has 7 nitrogen and oxygen atoms in total. The van der Waals surface area contributed by atoms with E-state index in [1.807, 2.05) is 29.6 Å². The first-order valence-corrected chi connectivity index (χ1v) is 11.9. The van der Waals surface area contributed by atoms with Crippen LogP contribution in [0.4, 0.5) is 0 Å². The minimum Gasteiger partial charge on any atom is -0.497 e. The molecule has 33 heavy (non-hydrogen) atoms. The number of carbonyl (C=O) groups excluding carboxylic acids is 1. The Labute approximate surface area is 198 Å². The molecule has 1 aromatic heterocycles. The van der Waals surface area contributed by atoms with Gasteiger partial charge >= 0.3 is 0 Å². The second kappa shape index (κ2) is 11.8. The maximum Gasteiger partial charge on any atom is 0.226 e. The minimum atomic E-state index is -0.0639. The van der Waals surface area contributed by atoms with E-state index in [2.05, 4.69) is 39.5 Å². The third-order valence-electron chi connectivity index (χ3n) is 5.36. The first kappa shape index (κ1) is 23.2. The molecule has 0 atom stereocenters.